The molecular weight excluding hydrogens is 275 g/mol. The van der Waals surface area contributed by atoms with E-state index in [1.807, 2.05) is 13.0 Å². The van der Waals surface area contributed by atoms with Crippen LogP contribution in [0.2, 0.25) is 0 Å². The molecule has 0 unspecified atom stereocenters. The van der Waals surface area contributed by atoms with Gasteiger partial charge >= 0.3 is 0 Å². The van der Waals surface area contributed by atoms with E-state index in [9.17, 15) is 0 Å². The molecule has 1 aliphatic heterocycles. The molecule has 0 aromatic heterocycles. The second-order valence-electron chi connectivity index (χ2n) is 1.66. The first-order valence-corrected chi connectivity index (χ1v) is 5.36. The van der Waals surface area contributed by atoms with Crippen LogP contribution < -0.4 is 0 Å². The lowest BCUT2D eigenvalue weighted by atomic mass is 10.5. The van der Waals surface area contributed by atoms with Gasteiger partial charge in [-0.25, -0.2) is 0 Å². The molecule has 1 rings (SSSR count). The number of thiol groups is 1. The van der Waals surface area contributed by atoms with Gasteiger partial charge in [0, 0.05) is 6.21 Å². The smallest absolute Gasteiger partial charge is 0.168 e. The van der Waals surface area contributed by atoms with E-state index in [2.05, 4.69) is 23.0 Å². The summed E-state index contributed by atoms with van der Waals surface area (Å²) < 4.78 is 2.51. The van der Waals surface area contributed by atoms with Crippen molar-refractivity contribution >= 4 is 42.8 Å². The minimum absolute atomic E-state index is 0.378. The van der Waals surface area contributed by atoms with Gasteiger partial charge < -0.3 is 5.41 Å². The van der Waals surface area contributed by atoms with Gasteiger partial charge in [0.2, 0.25) is 0 Å². The Morgan fingerprint density at radius 1 is 1.82 bits per heavy atom. The number of rotatable bonds is 2. The van der Waals surface area contributed by atoms with Crippen LogP contribution in [0.25, 0.3) is 0 Å². The molecule has 0 spiro atoms. The molecule has 6 heteroatoms. The fourth-order valence-electron chi connectivity index (χ4n) is 0.525. The van der Waals surface area contributed by atoms with Gasteiger partial charge in [0.1, 0.15) is 0 Å². The molecule has 1 heterocycles. The van der Waals surface area contributed by atoms with E-state index in [0.717, 1.165) is 8.66 Å². The SMILES string of the molecule is C/C=C(\C=N)N1N=NC(S)=I1. The topological polar surface area (TPSA) is 51.8 Å². The molecule has 0 saturated carbocycles. The van der Waals surface area contributed by atoms with Crippen molar-refractivity contribution in [2.45, 2.75) is 6.92 Å². The third-order valence-electron chi connectivity index (χ3n) is 1.02. The van der Waals surface area contributed by atoms with Crippen LogP contribution in [0.1, 0.15) is 6.92 Å². The quantitative estimate of drug-likeness (QED) is 0.346. The Kier molecular flexibility index (Phi) is 3.18. The first kappa shape index (κ1) is 8.85. The highest BCUT2D eigenvalue weighted by atomic mass is 127. The molecule has 0 atom stereocenters. The van der Waals surface area contributed by atoms with E-state index in [0.29, 0.717) is 0 Å². The summed E-state index contributed by atoms with van der Waals surface area (Å²) in [7, 11) is 0. The zero-order valence-electron chi connectivity index (χ0n) is 5.82. The molecule has 0 bridgehead atoms. The molecule has 11 heavy (non-hydrogen) atoms. The van der Waals surface area contributed by atoms with E-state index in [1.165, 1.54) is 6.21 Å². The Hall–Kier alpha value is -0.240. The summed E-state index contributed by atoms with van der Waals surface area (Å²) in [6.45, 7) is 1.87. The number of halogens is 1. The van der Waals surface area contributed by atoms with Crippen molar-refractivity contribution in [2.24, 2.45) is 10.3 Å². The van der Waals surface area contributed by atoms with Crippen molar-refractivity contribution in [3.63, 3.8) is 0 Å². The third kappa shape index (κ3) is 2.09. The maximum absolute atomic E-state index is 7.04. The Bertz CT molecular complexity index is 257. The van der Waals surface area contributed by atoms with Crippen LogP contribution in [-0.4, -0.2) is 12.4 Å². The number of hydrogen-bond acceptors (Lipinski definition) is 5. The highest BCUT2D eigenvalue weighted by Crippen LogP contribution is 2.25. The van der Waals surface area contributed by atoms with E-state index in [1.54, 1.807) is 3.22 Å². The van der Waals surface area contributed by atoms with Gasteiger partial charge in [-0.05, 0) is 6.92 Å². The van der Waals surface area contributed by atoms with Crippen LogP contribution in [0.3, 0.4) is 0 Å². The van der Waals surface area contributed by atoms with Crippen molar-refractivity contribution in [3.05, 3.63) is 11.8 Å². The fraction of sp³-hybridized carbons (Fsp3) is 0.200. The second-order valence-corrected chi connectivity index (χ2v) is 5.36. The van der Waals surface area contributed by atoms with Crippen molar-refractivity contribution in [3.8, 4) is 0 Å². The van der Waals surface area contributed by atoms with Crippen LogP contribution in [0.5, 0.6) is 0 Å². The van der Waals surface area contributed by atoms with Crippen LogP contribution in [0, 0.1) is 5.41 Å². The summed E-state index contributed by atoms with van der Waals surface area (Å²) >= 11 is 3.71. The van der Waals surface area contributed by atoms with E-state index < -0.39 is 0 Å². The molecule has 1 aliphatic rings. The monoisotopic (exact) mass is 282 g/mol. The standard InChI is InChI=1S/C5H7IN4S/c1-2-4(3-7)10-6-5(11)8-9-10/h2-3,7,11H,1H3/b4-2+,7-3?. The lowest BCUT2D eigenvalue weighted by Gasteiger charge is -2.05. The molecule has 0 fully saturated rings. The molecule has 60 valence electrons. The van der Waals surface area contributed by atoms with Gasteiger partial charge in [-0.3, -0.25) is 0 Å². The zero-order chi connectivity index (χ0) is 8.27. The van der Waals surface area contributed by atoms with Gasteiger partial charge in [-0.15, -0.1) is 17.7 Å². The fourth-order valence-corrected chi connectivity index (χ4v) is 2.54. The molecule has 0 aromatic rings. The lowest BCUT2D eigenvalue weighted by molar-refractivity contribution is 0.659. The first-order chi connectivity index (χ1) is 5.27. The Labute approximate surface area is 80.4 Å². The minimum Gasteiger partial charge on any atom is -0.306 e. The Morgan fingerprint density at radius 3 is 2.91 bits per heavy atom. The number of nitrogens with zero attached hydrogens (tertiary/aromatic N) is 3. The second kappa shape index (κ2) is 3.96. The van der Waals surface area contributed by atoms with Crippen molar-refractivity contribution in [2.75, 3.05) is 0 Å². The summed E-state index contributed by atoms with van der Waals surface area (Å²) in [6, 6.07) is 0. The van der Waals surface area contributed by atoms with Crippen LogP contribution in [0.4, 0.5) is 0 Å². The molecule has 0 saturated heterocycles. The lowest BCUT2D eigenvalue weighted by Crippen LogP contribution is -2.01. The van der Waals surface area contributed by atoms with Crippen LogP contribution >= 0.6 is 33.6 Å². The zero-order valence-corrected chi connectivity index (χ0v) is 8.87. The number of hydrogen-bond donors (Lipinski definition) is 2. The number of allylic oxidation sites excluding steroid dienone is 2. The number of nitrogens with one attached hydrogen (secondary N) is 1. The predicted molar refractivity (Wildman–Crippen MR) is 57.2 cm³/mol. The van der Waals surface area contributed by atoms with Gasteiger partial charge in [-0.1, -0.05) is 11.3 Å². The minimum atomic E-state index is -0.378. The van der Waals surface area contributed by atoms with Gasteiger partial charge in [0.25, 0.3) is 0 Å². The molecule has 0 radical (unpaired) electrons. The van der Waals surface area contributed by atoms with E-state index in [4.69, 9.17) is 5.41 Å². The summed E-state index contributed by atoms with van der Waals surface area (Å²) in [5.41, 5.74) is 0.783. The van der Waals surface area contributed by atoms with Gasteiger partial charge in [-0.2, -0.15) is 3.22 Å². The highest BCUT2D eigenvalue weighted by Gasteiger charge is 2.09. The van der Waals surface area contributed by atoms with E-state index in [-0.39, 0.29) is 21.0 Å². The Balaban J connectivity index is 2.79. The molecular formula is C5H7IN4S. The average molecular weight is 282 g/mol. The molecule has 0 amide bonds. The van der Waals surface area contributed by atoms with Gasteiger partial charge in [0.15, 0.2) is 2.96 Å². The van der Waals surface area contributed by atoms with Gasteiger partial charge in [0.05, 0.1) is 26.7 Å². The maximum atomic E-state index is 7.04. The molecule has 0 aliphatic carbocycles. The molecule has 1 N–H and O–H groups in total. The highest BCUT2D eigenvalue weighted by molar-refractivity contribution is 14.2. The largest absolute Gasteiger partial charge is 0.306 e. The molecule has 4 nitrogen and oxygen atoms in total. The Morgan fingerprint density at radius 2 is 2.55 bits per heavy atom. The van der Waals surface area contributed by atoms with E-state index >= 15 is 0 Å². The van der Waals surface area contributed by atoms with Crippen molar-refractivity contribution in [1.82, 2.24) is 3.22 Å². The summed E-state index contributed by atoms with van der Waals surface area (Å²) in [5, 5.41) is 14.6. The summed E-state index contributed by atoms with van der Waals surface area (Å²) in [4.78, 5) is 0. The molecule has 0 aromatic carbocycles. The van der Waals surface area contributed by atoms with Crippen molar-refractivity contribution in [1.29, 1.82) is 5.41 Å². The van der Waals surface area contributed by atoms with Crippen molar-refractivity contribution < 1.29 is 0 Å². The first-order valence-electron chi connectivity index (χ1n) is 2.87. The van der Waals surface area contributed by atoms with Crippen LogP contribution in [0.15, 0.2) is 22.1 Å². The average Bonchev–Trinajstić information content (AvgIpc) is 2.39. The van der Waals surface area contributed by atoms with Crippen LogP contribution in [-0.2, 0) is 0 Å². The summed E-state index contributed by atoms with van der Waals surface area (Å²) in [5.74, 6) is 0. The predicted octanol–water partition coefficient (Wildman–Crippen LogP) is 2.13. The normalized spacial score (nSPS) is 17.8. The maximum Gasteiger partial charge on any atom is 0.168 e. The third-order valence-corrected chi connectivity index (χ3v) is 3.47. The summed E-state index contributed by atoms with van der Waals surface area (Å²) in [6.07, 6.45) is 3.10.